The van der Waals surface area contributed by atoms with E-state index >= 15 is 0 Å². The predicted octanol–water partition coefficient (Wildman–Crippen LogP) is 1.53. The maximum absolute atomic E-state index is 11.4. The largest absolute Gasteiger partial charge is 0.370 e. The topological polar surface area (TPSA) is 147 Å². The van der Waals surface area contributed by atoms with E-state index in [0.29, 0.717) is 5.56 Å². The van der Waals surface area contributed by atoms with E-state index in [0.717, 1.165) is 11.3 Å². The van der Waals surface area contributed by atoms with Gasteiger partial charge in [0.25, 0.3) is 11.8 Å². The van der Waals surface area contributed by atoms with Crippen LogP contribution in [0.5, 0.6) is 0 Å². The molecule has 0 saturated heterocycles. The molecule has 1 heterocycles. The lowest BCUT2D eigenvalue weighted by atomic mass is 10.1. The van der Waals surface area contributed by atoms with E-state index in [1.807, 2.05) is 19.1 Å². The summed E-state index contributed by atoms with van der Waals surface area (Å²) in [7, 11) is 0. The van der Waals surface area contributed by atoms with Crippen molar-refractivity contribution in [1.82, 2.24) is 10.3 Å². The molecule has 0 unspecified atom stereocenters. The molecule has 26 heavy (non-hydrogen) atoms. The zero-order valence-corrected chi connectivity index (χ0v) is 14.9. The fraction of sp³-hybridized carbons (Fsp3) is 0.167. The Morgan fingerprint density at radius 2 is 1.77 bits per heavy atom. The van der Waals surface area contributed by atoms with Crippen molar-refractivity contribution in [3.05, 3.63) is 65.0 Å². The number of carbonyl (C=O) groups excluding carboxylic acids is 2. The van der Waals surface area contributed by atoms with Crippen LogP contribution in [0.3, 0.4) is 0 Å². The zero-order chi connectivity index (χ0) is 19.7. The van der Waals surface area contributed by atoms with Gasteiger partial charge in [0.15, 0.2) is 5.96 Å². The summed E-state index contributed by atoms with van der Waals surface area (Å²) in [5.74, 6) is -0.847. The third-order valence-electron chi connectivity index (χ3n) is 2.92. The molecular formula is C18H22N6O2. The number of nitrogens with two attached hydrogens (primary N) is 2. The number of rotatable bonds is 2. The molecule has 136 valence electrons. The number of aryl methyl sites for hydroxylation is 2. The van der Waals surface area contributed by atoms with Gasteiger partial charge in [-0.1, -0.05) is 23.8 Å². The molecule has 0 aliphatic heterocycles. The zero-order valence-electron chi connectivity index (χ0n) is 14.9. The van der Waals surface area contributed by atoms with Crippen molar-refractivity contribution in [2.24, 2.45) is 16.5 Å². The monoisotopic (exact) mass is 354 g/mol. The van der Waals surface area contributed by atoms with Crippen LogP contribution in [-0.2, 0) is 0 Å². The van der Waals surface area contributed by atoms with Crippen molar-refractivity contribution < 1.29 is 9.59 Å². The van der Waals surface area contributed by atoms with E-state index < -0.39 is 5.91 Å². The second kappa shape index (κ2) is 9.67. The summed E-state index contributed by atoms with van der Waals surface area (Å²) < 4.78 is 0. The van der Waals surface area contributed by atoms with Crippen molar-refractivity contribution in [3.63, 3.8) is 0 Å². The van der Waals surface area contributed by atoms with Crippen LogP contribution in [0, 0.1) is 19.3 Å². The van der Waals surface area contributed by atoms with Crippen LogP contribution < -0.4 is 16.8 Å². The lowest BCUT2D eigenvalue weighted by Gasteiger charge is -2.02. The van der Waals surface area contributed by atoms with Gasteiger partial charge in [0.1, 0.15) is 5.69 Å². The molecule has 1 aromatic heterocycles. The molecule has 2 amide bonds. The fourth-order valence-corrected chi connectivity index (χ4v) is 1.87. The van der Waals surface area contributed by atoms with Crippen LogP contribution in [0.2, 0.25) is 0 Å². The van der Waals surface area contributed by atoms with E-state index in [2.05, 4.69) is 15.3 Å². The van der Waals surface area contributed by atoms with Crippen molar-refractivity contribution in [3.8, 4) is 0 Å². The average molecular weight is 354 g/mol. The van der Waals surface area contributed by atoms with Gasteiger partial charge in [-0.15, -0.1) is 0 Å². The summed E-state index contributed by atoms with van der Waals surface area (Å²) in [5.41, 5.74) is 12.7. The van der Waals surface area contributed by atoms with Crippen LogP contribution in [0.1, 0.15) is 39.0 Å². The first-order chi connectivity index (χ1) is 12.2. The average Bonchev–Trinajstić information content (AvgIpc) is 2.54. The molecule has 8 nitrogen and oxygen atoms in total. The molecule has 0 aliphatic rings. The molecule has 8 heteroatoms. The van der Waals surface area contributed by atoms with Gasteiger partial charge in [0.2, 0.25) is 0 Å². The van der Waals surface area contributed by atoms with Crippen LogP contribution in [0.4, 0.5) is 0 Å². The van der Waals surface area contributed by atoms with E-state index in [1.165, 1.54) is 6.92 Å². The Morgan fingerprint density at radius 1 is 1.12 bits per heavy atom. The first-order valence-electron chi connectivity index (χ1n) is 7.70. The number of hydrogen-bond donors (Lipinski definition) is 4. The molecule has 2 rings (SSSR count). The Bertz CT molecular complexity index is 841. The van der Waals surface area contributed by atoms with Gasteiger partial charge in [-0.05, 0) is 45.0 Å². The Kier molecular flexibility index (Phi) is 7.63. The summed E-state index contributed by atoms with van der Waals surface area (Å²) in [4.78, 5) is 29.9. The van der Waals surface area contributed by atoms with Gasteiger partial charge in [-0.2, -0.15) is 4.99 Å². The van der Waals surface area contributed by atoms with Crippen molar-refractivity contribution in [2.45, 2.75) is 20.8 Å². The molecule has 0 aliphatic carbocycles. The number of nitrogens with zero attached hydrogens (tertiary/aromatic N) is 2. The summed E-state index contributed by atoms with van der Waals surface area (Å²) in [5, 5.41) is 9.53. The van der Waals surface area contributed by atoms with Gasteiger partial charge < -0.3 is 16.8 Å². The lowest BCUT2D eigenvalue weighted by molar-refractivity contribution is 0.0973. The first kappa shape index (κ1) is 20.5. The molecule has 0 bridgehead atoms. The number of benzene rings is 1. The Hall–Kier alpha value is -3.55. The van der Waals surface area contributed by atoms with Gasteiger partial charge in [0.05, 0.1) is 5.84 Å². The number of amidine groups is 1. The van der Waals surface area contributed by atoms with Crippen molar-refractivity contribution in [1.29, 1.82) is 5.41 Å². The molecule has 1 aromatic carbocycles. The van der Waals surface area contributed by atoms with Gasteiger partial charge >= 0.3 is 0 Å². The number of hydrogen-bond acceptors (Lipinski definition) is 4. The maximum atomic E-state index is 11.4. The predicted molar refractivity (Wildman–Crippen MR) is 101 cm³/mol. The number of amides is 2. The van der Waals surface area contributed by atoms with Gasteiger partial charge in [-0.25, -0.2) is 4.98 Å². The highest BCUT2D eigenvalue weighted by Crippen LogP contribution is 2.03. The number of carbonyl (C=O) groups is 2. The van der Waals surface area contributed by atoms with Crippen LogP contribution >= 0.6 is 0 Å². The van der Waals surface area contributed by atoms with Crippen molar-refractivity contribution in [2.75, 3.05) is 0 Å². The number of aromatic nitrogens is 1. The Labute approximate surface area is 151 Å². The van der Waals surface area contributed by atoms with Gasteiger partial charge in [-0.3, -0.25) is 15.0 Å². The minimum atomic E-state index is -0.524. The molecule has 0 saturated carbocycles. The fourth-order valence-electron chi connectivity index (χ4n) is 1.87. The summed E-state index contributed by atoms with van der Waals surface area (Å²) in [6.07, 6.45) is 0. The van der Waals surface area contributed by atoms with Crippen LogP contribution in [0.15, 0.2) is 47.5 Å². The van der Waals surface area contributed by atoms with Crippen molar-refractivity contribution >= 4 is 23.6 Å². The van der Waals surface area contributed by atoms with Crippen LogP contribution in [0.25, 0.3) is 0 Å². The normalized spacial score (nSPS) is 9.35. The molecule has 6 N–H and O–H groups in total. The summed E-state index contributed by atoms with van der Waals surface area (Å²) >= 11 is 0. The number of pyridine rings is 1. The van der Waals surface area contributed by atoms with Gasteiger partial charge in [0, 0.05) is 11.3 Å². The second-order valence-corrected chi connectivity index (χ2v) is 5.45. The highest BCUT2D eigenvalue weighted by atomic mass is 16.2. The Morgan fingerprint density at radius 3 is 2.31 bits per heavy atom. The molecule has 0 fully saturated rings. The maximum Gasteiger partial charge on any atom is 0.298 e. The molecule has 2 aromatic rings. The van der Waals surface area contributed by atoms with E-state index in [1.54, 1.807) is 37.3 Å². The van der Waals surface area contributed by atoms with E-state index in [-0.39, 0.29) is 23.4 Å². The third-order valence-corrected chi connectivity index (χ3v) is 2.92. The molecule has 0 spiro atoms. The molecular weight excluding hydrogens is 332 g/mol. The summed E-state index contributed by atoms with van der Waals surface area (Å²) in [6.45, 7) is 5.24. The number of guanidine groups is 1. The number of aliphatic imine (C=N–C) groups is 1. The number of nitrogens with one attached hydrogen (secondary N) is 2. The third kappa shape index (κ3) is 7.35. The standard InChI is InChI=1S/C10H12N2O.C8H10N4O/c1-7-4-3-5-9(6-7)10(13)12-8(2)11;1-5-3-2-4-6(11-5)7(13)12-8(9)10/h3-6H,1-2H3,(H2,11,12,13);2-4H,1H3,(H4,9,10,12,13). The summed E-state index contributed by atoms with van der Waals surface area (Å²) in [6, 6.07) is 12.3. The minimum Gasteiger partial charge on any atom is -0.370 e. The molecule has 0 radical (unpaired) electrons. The SMILES string of the molecule is CC(=N)NC(=O)c1cccc(C)c1.Cc1cccc(C(=O)N=C(N)N)n1. The van der Waals surface area contributed by atoms with E-state index in [9.17, 15) is 9.59 Å². The van der Waals surface area contributed by atoms with Crippen LogP contribution in [-0.4, -0.2) is 28.6 Å². The quantitative estimate of drug-likeness (QED) is 0.477. The molecule has 0 atom stereocenters. The highest BCUT2D eigenvalue weighted by molar-refractivity contribution is 6.04. The lowest BCUT2D eigenvalue weighted by Crippen LogP contribution is -2.27. The first-order valence-corrected chi connectivity index (χ1v) is 7.70. The second-order valence-electron chi connectivity index (χ2n) is 5.45. The smallest absolute Gasteiger partial charge is 0.298 e. The minimum absolute atomic E-state index is 0.159. The Balaban J connectivity index is 0.000000260. The highest BCUT2D eigenvalue weighted by Gasteiger charge is 2.05. The van der Waals surface area contributed by atoms with E-state index in [4.69, 9.17) is 16.9 Å².